The van der Waals surface area contributed by atoms with E-state index in [1.54, 1.807) is 0 Å². The van der Waals surface area contributed by atoms with Crippen LogP contribution in [0.5, 0.6) is 0 Å². The van der Waals surface area contributed by atoms with Gasteiger partial charge in [-0.3, -0.25) is 0 Å². The number of carboxylic acid groups (broad SMARTS) is 1. The molecule has 130 valence electrons. The lowest BCUT2D eigenvalue weighted by atomic mass is 9.81. The summed E-state index contributed by atoms with van der Waals surface area (Å²) in [7, 11) is 0. The molecule has 0 amide bonds. The minimum absolute atomic E-state index is 0.104. The average Bonchev–Trinajstić information content (AvgIpc) is 2.44. The third-order valence-corrected chi connectivity index (χ3v) is 3.80. The van der Waals surface area contributed by atoms with Crippen LogP contribution in [0.3, 0.4) is 0 Å². The number of hydrogen-bond acceptors (Lipinski definition) is 4. The van der Waals surface area contributed by atoms with Gasteiger partial charge in [0.25, 0.3) is 0 Å². The zero-order valence-corrected chi connectivity index (χ0v) is 12.7. The van der Waals surface area contributed by atoms with E-state index in [2.05, 4.69) is 5.32 Å². The lowest BCUT2D eigenvalue weighted by Gasteiger charge is -2.32. The molecule has 0 saturated carbocycles. The van der Waals surface area contributed by atoms with Crippen molar-refractivity contribution < 1.29 is 33.5 Å². The Labute approximate surface area is 135 Å². The van der Waals surface area contributed by atoms with E-state index in [4.69, 9.17) is 0 Å². The Bertz CT molecular complexity index is 738. The highest BCUT2D eigenvalue weighted by Gasteiger charge is 2.43. The smallest absolute Gasteiger partial charge is 0.416 e. The zero-order chi connectivity index (χ0) is 18.2. The maximum absolute atomic E-state index is 13.3. The highest BCUT2D eigenvalue weighted by atomic mass is 19.4. The summed E-state index contributed by atoms with van der Waals surface area (Å²) in [6.07, 6.45) is -4.74. The number of carbonyl (C=O) groups is 1. The van der Waals surface area contributed by atoms with Gasteiger partial charge in [-0.05, 0) is 25.5 Å². The lowest BCUT2D eigenvalue weighted by molar-refractivity contribution is -1.02. The molecule has 1 aliphatic heterocycles. The maximum atomic E-state index is 13.3. The fraction of sp³-hybridized carbons (Fsp3) is 0.267. The van der Waals surface area contributed by atoms with Gasteiger partial charge < -0.3 is 15.6 Å². The summed E-state index contributed by atoms with van der Waals surface area (Å²) in [4.78, 5) is 11.6. The molecule has 0 aliphatic carbocycles. The van der Waals surface area contributed by atoms with Gasteiger partial charge in [-0.15, -0.1) is 0 Å². The predicted molar refractivity (Wildman–Crippen MR) is 76.5 cm³/mol. The maximum Gasteiger partial charge on any atom is 0.416 e. The summed E-state index contributed by atoms with van der Waals surface area (Å²) in [5.74, 6) is -3.01. The molecule has 0 bridgehead atoms. The second kappa shape index (κ2) is 6.27. The standard InChI is InChI=1S/C15H15F3N2O4/c1-7-11(14(21)22)12(13(20(23)24)8(2)19-7)9-5-3-4-6-10(9)15(16,17)18/h3-6,12,19-20,23H,1-2H3,(H,21,22)/t12-/m1/s1. The molecule has 1 heterocycles. The number of hydrogen-bond donors (Lipinski definition) is 4. The van der Waals surface area contributed by atoms with Crippen molar-refractivity contribution >= 4 is 5.97 Å². The average molecular weight is 344 g/mol. The van der Waals surface area contributed by atoms with Crippen LogP contribution in [-0.4, -0.2) is 16.3 Å². The van der Waals surface area contributed by atoms with Crippen LogP contribution in [0.25, 0.3) is 0 Å². The highest BCUT2D eigenvalue weighted by molar-refractivity contribution is 5.90. The summed E-state index contributed by atoms with van der Waals surface area (Å²) >= 11 is 0. The molecule has 0 spiro atoms. The van der Waals surface area contributed by atoms with Gasteiger partial charge in [-0.2, -0.15) is 18.4 Å². The van der Waals surface area contributed by atoms with E-state index in [1.807, 2.05) is 0 Å². The van der Waals surface area contributed by atoms with Gasteiger partial charge in [0.1, 0.15) is 0 Å². The summed E-state index contributed by atoms with van der Waals surface area (Å²) in [5, 5.41) is 31.6. The van der Waals surface area contributed by atoms with Crippen molar-refractivity contribution in [2.75, 3.05) is 0 Å². The van der Waals surface area contributed by atoms with Crippen LogP contribution < -0.4 is 10.5 Å². The van der Waals surface area contributed by atoms with Gasteiger partial charge in [0, 0.05) is 5.70 Å². The van der Waals surface area contributed by atoms with E-state index in [0.717, 1.165) is 12.1 Å². The fourth-order valence-electron chi connectivity index (χ4n) is 2.88. The van der Waals surface area contributed by atoms with Gasteiger partial charge in [-0.1, -0.05) is 18.2 Å². The van der Waals surface area contributed by atoms with Crippen molar-refractivity contribution in [2.24, 2.45) is 0 Å². The van der Waals surface area contributed by atoms with Crippen molar-refractivity contribution in [1.82, 2.24) is 5.32 Å². The molecule has 0 aromatic heterocycles. The van der Waals surface area contributed by atoms with Crippen LogP contribution in [0.4, 0.5) is 13.2 Å². The second-order valence-electron chi connectivity index (χ2n) is 5.33. The molecule has 4 N–H and O–H groups in total. The van der Waals surface area contributed by atoms with Crippen LogP contribution in [-0.2, 0) is 11.0 Å². The largest absolute Gasteiger partial charge is 0.595 e. The minimum Gasteiger partial charge on any atom is -0.595 e. The summed E-state index contributed by atoms with van der Waals surface area (Å²) in [6, 6.07) is 4.39. The molecule has 1 unspecified atom stereocenters. The number of dihydropyridines is 1. The van der Waals surface area contributed by atoms with Gasteiger partial charge >= 0.3 is 12.1 Å². The molecule has 0 fully saturated rings. The van der Waals surface area contributed by atoms with Gasteiger partial charge in [0.05, 0.1) is 22.8 Å². The molecule has 9 heteroatoms. The molecule has 2 rings (SSSR count). The highest BCUT2D eigenvalue weighted by Crippen LogP contribution is 2.42. The van der Waals surface area contributed by atoms with Crippen LogP contribution >= 0.6 is 0 Å². The normalized spacial score (nSPS) is 20.0. The number of carboxylic acids is 1. The number of benzene rings is 1. The van der Waals surface area contributed by atoms with Crippen LogP contribution in [0, 0.1) is 5.21 Å². The first-order valence-electron chi connectivity index (χ1n) is 6.87. The Morgan fingerprint density at radius 2 is 1.83 bits per heavy atom. The summed E-state index contributed by atoms with van der Waals surface area (Å²) in [5.41, 5.74) is -2.10. The lowest BCUT2D eigenvalue weighted by Crippen LogP contribution is -3.03. The molecule has 2 atom stereocenters. The molecular weight excluding hydrogens is 329 g/mol. The SMILES string of the molecule is CC1=C(C(=O)O)[C@@H](c2ccccc2C(F)(F)F)C([NH+]([O-])O)=C(C)N1. The summed E-state index contributed by atoms with van der Waals surface area (Å²) in [6.45, 7) is 2.77. The molecule has 1 aromatic carbocycles. The number of hydroxylamine groups is 2. The van der Waals surface area contributed by atoms with Crippen LogP contribution in [0.2, 0.25) is 0 Å². The van der Waals surface area contributed by atoms with Crippen molar-refractivity contribution in [1.29, 1.82) is 0 Å². The molecule has 6 nitrogen and oxygen atoms in total. The van der Waals surface area contributed by atoms with E-state index in [1.165, 1.54) is 26.0 Å². The molecule has 0 radical (unpaired) electrons. The quantitative estimate of drug-likeness (QED) is 0.627. The number of nitrogens with one attached hydrogen (secondary N) is 2. The first-order valence-corrected chi connectivity index (χ1v) is 6.87. The first-order chi connectivity index (χ1) is 11.1. The first kappa shape index (κ1) is 18.0. The van der Waals surface area contributed by atoms with Gasteiger partial charge in [-0.25, -0.2) is 10.0 Å². The van der Waals surface area contributed by atoms with Crippen molar-refractivity contribution in [3.63, 3.8) is 0 Å². The second-order valence-corrected chi connectivity index (χ2v) is 5.33. The third kappa shape index (κ3) is 3.14. The molecule has 1 aromatic rings. The van der Waals surface area contributed by atoms with Crippen molar-refractivity contribution in [3.05, 3.63) is 63.3 Å². The Morgan fingerprint density at radius 3 is 2.33 bits per heavy atom. The molecular formula is C15H15F3N2O4. The number of aliphatic carboxylic acids is 1. The Balaban J connectivity index is 2.80. The van der Waals surface area contributed by atoms with E-state index in [9.17, 15) is 33.5 Å². The number of allylic oxidation sites excluding steroid dienone is 3. The Hall–Kier alpha value is -2.36. The third-order valence-electron chi connectivity index (χ3n) is 3.80. The van der Waals surface area contributed by atoms with Crippen LogP contribution in [0.1, 0.15) is 30.9 Å². The van der Waals surface area contributed by atoms with E-state index >= 15 is 0 Å². The molecule has 0 saturated heterocycles. The summed E-state index contributed by atoms with van der Waals surface area (Å²) < 4.78 is 39.9. The van der Waals surface area contributed by atoms with E-state index in [0.29, 0.717) is 0 Å². The van der Waals surface area contributed by atoms with Crippen molar-refractivity contribution in [2.45, 2.75) is 25.9 Å². The van der Waals surface area contributed by atoms with Crippen molar-refractivity contribution in [3.8, 4) is 0 Å². The number of halogens is 3. The van der Waals surface area contributed by atoms with Gasteiger partial charge in [0.2, 0.25) is 0 Å². The Kier molecular flexibility index (Phi) is 4.70. The fourth-order valence-corrected chi connectivity index (χ4v) is 2.88. The zero-order valence-electron chi connectivity index (χ0n) is 12.7. The predicted octanol–water partition coefficient (Wildman–Crippen LogP) is 1.75. The number of alkyl halides is 3. The Morgan fingerprint density at radius 1 is 1.25 bits per heavy atom. The van der Waals surface area contributed by atoms with E-state index < -0.39 is 45.7 Å². The molecule has 24 heavy (non-hydrogen) atoms. The molecule has 1 aliphatic rings. The number of rotatable bonds is 3. The topological polar surface area (TPSA) is 97.1 Å². The monoisotopic (exact) mass is 344 g/mol. The van der Waals surface area contributed by atoms with E-state index in [-0.39, 0.29) is 11.4 Å². The van der Waals surface area contributed by atoms with Gasteiger partial charge in [0.15, 0.2) is 5.70 Å². The minimum atomic E-state index is -4.74. The van der Waals surface area contributed by atoms with Crippen LogP contribution in [0.15, 0.2) is 46.9 Å². The number of quaternary nitrogens is 1.